The van der Waals surface area contributed by atoms with Gasteiger partial charge in [-0.3, -0.25) is 10.1 Å². The molecule has 1 aliphatic rings. The summed E-state index contributed by atoms with van der Waals surface area (Å²) in [5.41, 5.74) is 8.87. The average Bonchev–Trinajstić information content (AvgIpc) is 2.48. The summed E-state index contributed by atoms with van der Waals surface area (Å²) in [5.74, 6) is -0.617. The molecule has 0 fully saturated rings. The van der Waals surface area contributed by atoms with Crippen LogP contribution in [0.15, 0.2) is 36.4 Å². The number of nitro benzene ring substituents is 1. The molecule has 0 spiro atoms. The third kappa shape index (κ3) is 2.72. The highest BCUT2D eigenvalue weighted by atomic mass is 19.1. The number of anilines is 2. The van der Waals surface area contributed by atoms with Gasteiger partial charge in [0.15, 0.2) is 0 Å². The van der Waals surface area contributed by atoms with Gasteiger partial charge in [-0.15, -0.1) is 0 Å². The van der Waals surface area contributed by atoms with Crippen LogP contribution in [0.3, 0.4) is 0 Å². The second-order valence-corrected chi connectivity index (χ2v) is 5.47. The van der Waals surface area contributed by atoms with Crippen molar-refractivity contribution in [1.82, 2.24) is 0 Å². The van der Waals surface area contributed by atoms with E-state index in [2.05, 4.69) is 5.32 Å². The van der Waals surface area contributed by atoms with Crippen LogP contribution in [0, 0.1) is 15.9 Å². The van der Waals surface area contributed by atoms with Crippen LogP contribution >= 0.6 is 0 Å². The third-order valence-electron chi connectivity index (χ3n) is 3.97. The first-order chi connectivity index (χ1) is 10.5. The van der Waals surface area contributed by atoms with E-state index in [1.54, 1.807) is 0 Å². The Morgan fingerprint density at radius 2 is 2.09 bits per heavy atom. The number of nitrogens with zero attached hydrogens (tertiary/aromatic N) is 1. The van der Waals surface area contributed by atoms with Gasteiger partial charge in [0, 0.05) is 5.69 Å². The summed E-state index contributed by atoms with van der Waals surface area (Å²) in [7, 11) is 0. The van der Waals surface area contributed by atoms with Gasteiger partial charge in [-0.1, -0.05) is 6.07 Å². The van der Waals surface area contributed by atoms with E-state index in [0.717, 1.165) is 36.5 Å². The zero-order chi connectivity index (χ0) is 15.7. The number of benzene rings is 2. The molecule has 2 aromatic rings. The summed E-state index contributed by atoms with van der Waals surface area (Å²) in [5, 5.41) is 14.3. The molecule has 0 saturated carbocycles. The number of fused-ring (bicyclic) bond motifs is 1. The molecule has 0 aliphatic heterocycles. The quantitative estimate of drug-likeness (QED) is 0.513. The molecule has 6 heteroatoms. The fourth-order valence-corrected chi connectivity index (χ4v) is 2.95. The number of nitrogens with two attached hydrogens (primary N) is 1. The first-order valence-corrected chi connectivity index (χ1v) is 7.13. The minimum atomic E-state index is -0.617. The fourth-order valence-electron chi connectivity index (χ4n) is 2.95. The maximum absolute atomic E-state index is 13.2. The third-order valence-corrected chi connectivity index (χ3v) is 3.97. The van der Waals surface area contributed by atoms with Crippen LogP contribution in [0.5, 0.6) is 0 Å². The van der Waals surface area contributed by atoms with Gasteiger partial charge in [-0.25, -0.2) is 4.39 Å². The molecule has 1 aliphatic carbocycles. The lowest BCUT2D eigenvalue weighted by molar-refractivity contribution is -0.384. The molecule has 0 saturated heterocycles. The van der Waals surface area contributed by atoms with Crippen LogP contribution in [0.1, 0.15) is 30.0 Å². The van der Waals surface area contributed by atoms with E-state index in [0.29, 0.717) is 11.4 Å². The van der Waals surface area contributed by atoms with Crippen LogP contribution < -0.4 is 11.1 Å². The minimum Gasteiger partial charge on any atom is -0.399 e. The summed E-state index contributed by atoms with van der Waals surface area (Å²) in [6, 6.07) is 9.28. The maximum Gasteiger partial charge on any atom is 0.295 e. The second kappa shape index (κ2) is 5.63. The number of aryl methyl sites for hydroxylation is 1. The van der Waals surface area contributed by atoms with Gasteiger partial charge in [0.25, 0.3) is 5.69 Å². The van der Waals surface area contributed by atoms with Crippen LogP contribution in [-0.2, 0) is 6.42 Å². The van der Waals surface area contributed by atoms with Gasteiger partial charge in [0.2, 0.25) is 0 Å². The van der Waals surface area contributed by atoms with Gasteiger partial charge < -0.3 is 11.1 Å². The summed E-state index contributed by atoms with van der Waals surface area (Å²) < 4.78 is 13.2. The summed E-state index contributed by atoms with van der Waals surface area (Å²) in [4.78, 5) is 10.5. The van der Waals surface area contributed by atoms with Crippen molar-refractivity contribution in [2.24, 2.45) is 0 Å². The van der Waals surface area contributed by atoms with Crippen LogP contribution in [-0.4, -0.2) is 4.92 Å². The van der Waals surface area contributed by atoms with Gasteiger partial charge in [-0.2, -0.15) is 0 Å². The van der Waals surface area contributed by atoms with E-state index >= 15 is 0 Å². The number of hydrogen-bond donors (Lipinski definition) is 2. The van der Waals surface area contributed by atoms with Crippen LogP contribution in [0.25, 0.3) is 0 Å². The number of nitrogen functional groups attached to an aromatic ring is 1. The molecule has 0 heterocycles. The molecule has 1 unspecified atom stereocenters. The number of hydrogen-bond acceptors (Lipinski definition) is 4. The van der Waals surface area contributed by atoms with Crippen molar-refractivity contribution in [3.05, 3.63) is 63.5 Å². The van der Waals surface area contributed by atoms with Gasteiger partial charge >= 0.3 is 0 Å². The van der Waals surface area contributed by atoms with Crippen molar-refractivity contribution < 1.29 is 9.31 Å². The number of nitrogens with one attached hydrogen (secondary N) is 1. The lowest BCUT2D eigenvalue weighted by atomic mass is 9.87. The van der Waals surface area contributed by atoms with Crippen molar-refractivity contribution in [3.63, 3.8) is 0 Å². The topological polar surface area (TPSA) is 81.2 Å². The Morgan fingerprint density at radius 1 is 1.27 bits per heavy atom. The molecule has 22 heavy (non-hydrogen) atoms. The van der Waals surface area contributed by atoms with Crippen molar-refractivity contribution in [3.8, 4) is 0 Å². The van der Waals surface area contributed by atoms with E-state index in [-0.39, 0.29) is 11.7 Å². The van der Waals surface area contributed by atoms with Crippen LogP contribution in [0.2, 0.25) is 0 Å². The molecule has 3 N–H and O–H groups in total. The maximum atomic E-state index is 13.2. The fraction of sp³-hybridized carbons (Fsp3) is 0.250. The number of halogens is 1. The molecule has 0 bridgehead atoms. The van der Waals surface area contributed by atoms with Gasteiger partial charge in [0.05, 0.1) is 17.0 Å². The second-order valence-electron chi connectivity index (χ2n) is 5.47. The predicted molar refractivity (Wildman–Crippen MR) is 83.2 cm³/mol. The standard InChI is InChI=1S/C16H16FN3O2/c17-11-4-7-15(16(9-11)20(21)22)19-14-3-1-2-10-8-12(18)5-6-13(10)14/h4-9,14,19H,1-3,18H2. The van der Waals surface area contributed by atoms with E-state index in [1.807, 2.05) is 18.2 Å². The number of rotatable bonds is 3. The van der Waals surface area contributed by atoms with Gasteiger partial charge in [0.1, 0.15) is 11.5 Å². The van der Waals surface area contributed by atoms with Crippen molar-refractivity contribution in [2.45, 2.75) is 25.3 Å². The lowest BCUT2D eigenvalue weighted by Gasteiger charge is -2.27. The summed E-state index contributed by atoms with van der Waals surface area (Å²) in [6.45, 7) is 0. The first-order valence-electron chi connectivity index (χ1n) is 7.13. The van der Waals surface area contributed by atoms with Gasteiger partial charge in [-0.05, 0) is 54.7 Å². The minimum absolute atomic E-state index is 0.0338. The van der Waals surface area contributed by atoms with Crippen molar-refractivity contribution in [1.29, 1.82) is 0 Å². The predicted octanol–water partition coefficient (Wildman–Crippen LogP) is 3.81. The van der Waals surface area contributed by atoms with E-state index in [9.17, 15) is 14.5 Å². The summed E-state index contributed by atoms with van der Waals surface area (Å²) in [6.07, 6.45) is 2.79. The van der Waals surface area contributed by atoms with Crippen molar-refractivity contribution in [2.75, 3.05) is 11.1 Å². The Morgan fingerprint density at radius 3 is 2.86 bits per heavy atom. The highest BCUT2D eigenvalue weighted by Gasteiger charge is 2.23. The molecule has 3 rings (SSSR count). The Bertz CT molecular complexity index is 733. The Balaban J connectivity index is 1.94. The molecule has 114 valence electrons. The molecular weight excluding hydrogens is 285 g/mol. The molecule has 0 aromatic heterocycles. The highest BCUT2D eigenvalue weighted by Crippen LogP contribution is 2.36. The van der Waals surface area contributed by atoms with E-state index in [4.69, 9.17) is 5.73 Å². The number of nitro groups is 1. The monoisotopic (exact) mass is 301 g/mol. The highest BCUT2D eigenvalue weighted by molar-refractivity contribution is 5.63. The smallest absolute Gasteiger partial charge is 0.295 e. The zero-order valence-corrected chi connectivity index (χ0v) is 11.9. The Labute approximate surface area is 127 Å². The molecule has 5 nitrogen and oxygen atoms in total. The summed E-state index contributed by atoms with van der Waals surface area (Å²) >= 11 is 0. The average molecular weight is 301 g/mol. The Kier molecular flexibility index (Phi) is 3.66. The molecule has 0 radical (unpaired) electrons. The molecular formula is C16H16FN3O2. The first kappa shape index (κ1) is 14.3. The Hall–Kier alpha value is -2.63. The lowest BCUT2D eigenvalue weighted by Crippen LogP contribution is -2.18. The van der Waals surface area contributed by atoms with Crippen molar-refractivity contribution >= 4 is 17.1 Å². The molecule has 2 aromatic carbocycles. The molecule has 0 amide bonds. The normalized spacial score (nSPS) is 16.9. The SMILES string of the molecule is Nc1ccc2c(c1)CCCC2Nc1ccc(F)cc1[N+](=O)[O-]. The zero-order valence-electron chi connectivity index (χ0n) is 11.9. The largest absolute Gasteiger partial charge is 0.399 e. The van der Waals surface area contributed by atoms with E-state index < -0.39 is 10.7 Å². The molecule has 1 atom stereocenters. The van der Waals surface area contributed by atoms with E-state index in [1.165, 1.54) is 12.1 Å². The van der Waals surface area contributed by atoms with Crippen LogP contribution in [0.4, 0.5) is 21.5 Å².